The first-order valence-corrected chi connectivity index (χ1v) is 7.22. The summed E-state index contributed by atoms with van der Waals surface area (Å²) in [4.78, 5) is 25.6. The van der Waals surface area contributed by atoms with Gasteiger partial charge in [-0.2, -0.15) is 0 Å². The smallest absolute Gasteiger partial charge is 0.307 e. The summed E-state index contributed by atoms with van der Waals surface area (Å²) in [6.07, 6.45) is 4.18. The van der Waals surface area contributed by atoms with Gasteiger partial charge in [-0.15, -0.1) is 0 Å². The molecular formula is C14H23NO4. The number of carbonyl (C=O) groups is 2. The van der Waals surface area contributed by atoms with Crippen LogP contribution in [0.2, 0.25) is 0 Å². The summed E-state index contributed by atoms with van der Waals surface area (Å²) in [5, 5.41) is 18.4. The Morgan fingerprint density at radius 3 is 2.32 bits per heavy atom. The number of carbonyl (C=O) groups excluding carboxylic acids is 1. The van der Waals surface area contributed by atoms with Gasteiger partial charge in [0.1, 0.15) is 0 Å². The quantitative estimate of drug-likeness (QED) is 0.757. The van der Waals surface area contributed by atoms with Crippen LogP contribution in [0.15, 0.2) is 0 Å². The van der Waals surface area contributed by atoms with Crippen molar-refractivity contribution >= 4 is 11.9 Å². The number of rotatable bonds is 6. The Hall–Kier alpha value is -1.10. The van der Waals surface area contributed by atoms with Crippen LogP contribution in [0, 0.1) is 17.8 Å². The Labute approximate surface area is 113 Å². The monoisotopic (exact) mass is 269 g/mol. The van der Waals surface area contributed by atoms with E-state index >= 15 is 0 Å². The van der Waals surface area contributed by atoms with Crippen molar-refractivity contribution in [3.63, 3.8) is 0 Å². The summed E-state index contributed by atoms with van der Waals surface area (Å²) in [5.41, 5.74) is 0. The molecule has 0 radical (unpaired) electrons. The second-order valence-corrected chi connectivity index (χ2v) is 5.78. The maximum Gasteiger partial charge on any atom is 0.307 e. The van der Waals surface area contributed by atoms with Gasteiger partial charge in [-0.3, -0.25) is 9.59 Å². The molecule has 19 heavy (non-hydrogen) atoms. The highest BCUT2D eigenvalue weighted by atomic mass is 16.4. The number of carboxylic acid groups (broad SMARTS) is 1. The molecule has 5 nitrogen and oxygen atoms in total. The van der Waals surface area contributed by atoms with Gasteiger partial charge in [0, 0.05) is 12.6 Å². The van der Waals surface area contributed by atoms with Crippen LogP contribution in [0.3, 0.4) is 0 Å². The lowest BCUT2D eigenvalue weighted by molar-refractivity contribution is -0.149. The molecule has 5 heteroatoms. The minimum Gasteiger partial charge on any atom is -0.481 e. The van der Waals surface area contributed by atoms with Crippen LogP contribution in [0.25, 0.3) is 0 Å². The third-order valence-electron chi connectivity index (χ3n) is 4.48. The van der Waals surface area contributed by atoms with Gasteiger partial charge in [0.15, 0.2) is 0 Å². The molecule has 3 atom stereocenters. The van der Waals surface area contributed by atoms with E-state index in [0.717, 1.165) is 19.3 Å². The Morgan fingerprint density at radius 1 is 1.21 bits per heavy atom. The van der Waals surface area contributed by atoms with Crippen LogP contribution in [0.4, 0.5) is 0 Å². The van der Waals surface area contributed by atoms with Crippen LogP contribution in [-0.2, 0) is 9.59 Å². The number of hydrogen-bond donors (Lipinski definition) is 2. The summed E-state index contributed by atoms with van der Waals surface area (Å²) >= 11 is 0. The first-order chi connectivity index (χ1) is 9.08. The van der Waals surface area contributed by atoms with E-state index in [9.17, 15) is 14.7 Å². The molecule has 0 bridgehead atoms. The van der Waals surface area contributed by atoms with Crippen molar-refractivity contribution in [3.8, 4) is 0 Å². The van der Waals surface area contributed by atoms with Crippen molar-refractivity contribution < 1.29 is 19.8 Å². The predicted molar refractivity (Wildman–Crippen MR) is 69.5 cm³/mol. The van der Waals surface area contributed by atoms with Crippen molar-refractivity contribution in [2.24, 2.45) is 17.8 Å². The highest BCUT2D eigenvalue weighted by Crippen LogP contribution is 2.41. The molecule has 108 valence electrons. The van der Waals surface area contributed by atoms with Crippen LogP contribution < -0.4 is 0 Å². The number of aliphatic hydroxyl groups excluding tert-OH is 1. The van der Waals surface area contributed by atoms with Crippen molar-refractivity contribution in [3.05, 3.63) is 0 Å². The third-order valence-corrected chi connectivity index (χ3v) is 4.48. The lowest BCUT2D eigenvalue weighted by atomic mass is 9.94. The molecule has 2 aliphatic carbocycles. The fourth-order valence-corrected chi connectivity index (χ4v) is 3.20. The fraction of sp³-hybridized carbons (Fsp3) is 0.857. The minimum absolute atomic E-state index is 0.0517. The summed E-state index contributed by atoms with van der Waals surface area (Å²) in [6.45, 7) is 2.33. The van der Waals surface area contributed by atoms with E-state index in [1.807, 2.05) is 6.92 Å². The summed E-state index contributed by atoms with van der Waals surface area (Å²) in [7, 11) is 0. The van der Waals surface area contributed by atoms with Gasteiger partial charge < -0.3 is 15.1 Å². The number of aliphatic hydroxyl groups is 1. The first kappa shape index (κ1) is 14.3. The fourth-order valence-electron chi connectivity index (χ4n) is 3.20. The Kier molecular flexibility index (Phi) is 4.45. The molecular weight excluding hydrogens is 246 g/mol. The minimum atomic E-state index is -0.853. The molecule has 0 spiro atoms. The number of hydrogen-bond acceptors (Lipinski definition) is 3. The number of carboxylic acids is 1. The molecule has 1 amide bonds. The highest BCUT2D eigenvalue weighted by Gasteiger charge is 2.45. The number of nitrogens with zero attached hydrogens (tertiary/aromatic N) is 1. The van der Waals surface area contributed by atoms with Crippen LogP contribution in [0.5, 0.6) is 0 Å². The average molecular weight is 269 g/mol. The molecule has 2 saturated carbocycles. The zero-order valence-electron chi connectivity index (χ0n) is 11.4. The SMILES string of the molecule is CCC1C[C@H](C(=O)N(CCO)C2CC2)[C@H](C(=O)O)C1. The van der Waals surface area contributed by atoms with E-state index in [-0.39, 0.29) is 18.6 Å². The largest absolute Gasteiger partial charge is 0.481 e. The molecule has 0 aromatic heterocycles. The van der Waals surface area contributed by atoms with E-state index < -0.39 is 17.8 Å². The van der Waals surface area contributed by atoms with Gasteiger partial charge >= 0.3 is 5.97 Å². The summed E-state index contributed by atoms with van der Waals surface area (Å²) < 4.78 is 0. The molecule has 2 rings (SSSR count). The molecule has 0 aromatic rings. The van der Waals surface area contributed by atoms with E-state index in [4.69, 9.17) is 5.11 Å². The Morgan fingerprint density at radius 2 is 1.84 bits per heavy atom. The second kappa shape index (κ2) is 5.90. The van der Waals surface area contributed by atoms with Gasteiger partial charge in [-0.05, 0) is 31.6 Å². The zero-order chi connectivity index (χ0) is 14.0. The van der Waals surface area contributed by atoms with Crippen molar-refractivity contribution in [2.45, 2.75) is 45.1 Å². The van der Waals surface area contributed by atoms with E-state index in [0.29, 0.717) is 25.3 Å². The third kappa shape index (κ3) is 3.08. The zero-order valence-corrected chi connectivity index (χ0v) is 11.4. The number of amides is 1. The van der Waals surface area contributed by atoms with E-state index in [1.54, 1.807) is 4.90 Å². The summed E-state index contributed by atoms with van der Waals surface area (Å²) in [6, 6.07) is 0.231. The van der Waals surface area contributed by atoms with Gasteiger partial charge in [0.05, 0.1) is 18.4 Å². The van der Waals surface area contributed by atoms with Gasteiger partial charge in [0.2, 0.25) is 5.91 Å². The standard InChI is InChI=1S/C14H23NO4/c1-2-9-7-11(12(8-9)14(18)19)13(17)15(5-6-16)10-3-4-10/h9-12,16H,2-8H2,1H3,(H,18,19)/t9?,11-,12+/m0/s1. The topological polar surface area (TPSA) is 77.8 Å². The van der Waals surface area contributed by atoms with Crippen molar-refractivity contribution in [2.75, 3.05) is 13.2 Å². The van der Waals surface area contributed by atoms with E-state index in [2.05, 4.69) is 0 Å². The van der Waals surface area contributed by atoms with Crippen molar-refractivity contribution in [1.82, 2.24) is 4.90 Å². The average Bonchev–Trinajstić information content (AvgIpc) is 3.12. The maximum absolute atomic E-state index is 12.5. The van der Waals surface area contributed by atoms with Gasteiger partial charge in [-0.25, -0.2) is 0 Å². The summed E-state index contributed by atoms with van der Waals surface area (Å²) in [5.74, 6) is -1.51. The van der Waals surface area contributed by atoms with Crippen LogP contribution in [0.1, 0.15) is 39.0 Å². The lowest BCUT2D eigenvalue weighted by Crippen LogP contribution is -2.42. The Bertz CT molecular complexity index is 353. The van der Waals surface area contributed by atoms with Gasteiger partial charge in [0.25, 0.3) is 0 Å². The molecule has 0 aromatic carbocycles. The van der Waals surface area contributed by atoms with Crippen LogP contribution in [-0.4, -0.2) is 46.2 Å². The normalized spacial score (nSPS) is 30.3. The molecule has 2 N–H and O–H groups in total. The van der Waals surface area contributed by atoms with E-state index in [1.165, 1.54) is 0 Å². The van der Waals surface area contributed by atoms with Crippen LogP contribution >= 0.6 is 0 Å². The van der Waals surface area contributed by atoms with Gasteiger partial charge in [-0.1, -0.05) is 13.3 Å². The second-order valence-electron chi connectivity index (χ2n) is 5.78. The molecule has 2 fully saturated rings. The molecule has 1 unspecified atom stereocenters. The molecule has 2 aliphatic rings. The predicted octanol–water partition coefficient (Wildman–Crippen LogP) is 1.11. The Balaban J connectivity index is 2.08. The maximum atomic E-state index is 12.5. The molecule has 0 saturated heterocycles. The molecule has 0 aliphatic heterocycles. The number of aliphatic carboxylic acids is 1. The lowest BCUT2D eigenvalue weighted by Gasteiger charge is -2.26. The van der Waals surface area contributed by atoms with Crippen molar-refractivity contribution in [1.29, 1.82) is 0 Å². The molecule has 0 heterocycles. The highest BCUT2D eigenvalue weighted by molar-refractivity contribution is 5.85. The first-order valence-electron chi connectivity index (χ1n) is 7.22.